The molecule has 0 aliphatic rings. The van der Waals surface area contributed by atoms with Gasteiger partial charge in [0.05, 0.1) is 16.7 Å². The van der Waals surface area contributed by atoms with Crippen LogP contribution >= 0.6 is 23.2 Å². The maximum atomic E-state index is 14.2. The minimum atomic E-state index is -1.61. The van der Waals surface area contributed by atoms with E-state index in [9.17, 15) is 19.2 Å². The first-order valence-corrected chi connectivity index (χ1v) is 12.0. The van der Waals surface area contributed by atoms with E-state index in [2.05, 4.69) is 11.4 Å². The van der Waals surface area contributed by atoms with E-state index in [1.807, 2.05) is 25.1 Å². The van der Waals surface area contributed by atoms with Crippen LogP contribution in [0.2, 0.25) is 10.0 Å². The molecule has 0 spiro atoms. The largest absolute Gasteiger partial charge is 0.446 e. The molecule has 8 heteroatoms. The van der Waals surface area contributed by atoms with Gasteiger partial charge in [-0.3, -0.25) is 4.79 Å². The third-order valence-electron chi connectivity index (χ3n) is 5.84. The molecule has 186 valence electrons. The summed E-state index contributed by atoms with van der Waals surface area (Å²) < 4.78 is 19.5. The topological polar surface area (TPSA) is 79.2 Å². The van der Waals surface area contributed by atoms with Gasteiger partial charge in [-0.1, -0.05) is 53.5 Å². The highest BCUT2D eigenvalue weighted by Crippen LogP contribution is 2.28. The molecule has 3 rings (SSSR count). The number of benzene rings is 3. The molecule has 0 aliphatic carbocycles. The molecule has 0 unspecified atom stereocenters. The van der Waals surface area contributed by atoms with Crippen molar-refractivity contribution in [2.45, 2.75) is 44.8 Å². The summed E-state index contributed by atoms with van der Waals surface area (Å²) in [4.78, 5) is 25.8. The van der Waals surface area contributed by atoms with E-state index in [1.165, 1.54) is 26.0 Å². The van der Waals surface area contributed by atoms with Gasteiger partial charge in [0.15, 0.2) is 5.60 Å². The second kappa shape index (κ2) is 11.6. The van der Waals surface area contributed by atoms with Crippen LogP contribution in [0.3, 0.4) is 0 Å². The van der Waals surface area contributed by atoms with E-state index in [0.717, 1.165) is 17.2 Å². The lowest BCUT2D eigenvalue weighted by molar-refractivity contribution is -0.138. The molecule has 36 heavy (non-hydrogen) atoms. The van der Waals surface area contributed by atoms with Crippen molar-refractivity contribution in [3.8, 4) is 6.07 Å². The number of carbonyl (C=O) groups excluding carboxylic acids is 2. The highest BCUT2D eigenvalue weighted by atomic mass is 35.5. The summed E-state index contributed by atoms with van der Waals surface area (Å²) >= 11 is 12.0. The molecule has 0 bridgehead atoms. The summed E-state index contributed by atoms with van der Waals surface area (Å²) in [5, 5.41) is 12.8. The first-order valence-electron chi connectivity index (χ1n) is 11.2. The Morgan fingerprint density at radius 2 is 1.75 bits per heavy atom. The molecule has 1 amide bonds. The van der Waals surface area contributed by atoms with Gasteiger partial charge >= 0.3 is 5.97 Å². The fourth-order valence-corrected chi connectivity index (χ4v) is 4.17. The molecule has 0 radical (unpaired) electrons. The SMILES string of the molecule is C[C@H](NC(=O)C(C)(C)OC(=O)c1c(F)cccc1Cl)[C@@H](Cc1ccc(Cl)cc1)c1cccc(C#N)c1. The van der Waals surface area contributed by atoms with Gasteiger partial charge in [-0.05, 0) is 74.7 Å². The molecule has 3 aromatic rings. The lowest BCUT2D eigenvalue weighted by Gasteiger charge is -2.30. The highest BCUT2D eigenvalue weighted by molar-refractivity contribution is 6.33. The maximum absolute atomic E-state index is 14.2. The van der Waals surface area contributed by atoms with Gasteiger partial charge in [0.25, 0.3) is 5.91 Å². The number of esters is 1. The van der Waals surface area contributed by atoms with Crippen molar-refractivity contribution >= 4 is 35.1 Å². The van der Waals surface area contributed by atoms with Crippen LogP contribution in [-0.2, 0) is 16.0 Å². The fourth-order valence-electron chi connectivity index (χ4n) is 3.80. The lowest BCUT2D eigenvalue weighted by Crippen LogP contribution is -2.50. The number of hydrogen-bond donors (Lipinski definition) is 1. The molecule has 3 aromatic carbocycles. The molecule has 0 saturated carbocycles. The normalized spacial score (nSPS) is 12.8. The second-order valence-electron chi connectivity index (χ2n) is 8.93. The standard InChI is InChI=1S/C28H25Cl2FN2O3/c1-17(33-27(35)28(2,3)36-26(34)25-23(30)8-5-9-24(25)31)22(15-18-10-12-21(29)13-11-18)20-7-4-6-19(14-20)16-32/h4-14,17,22H,15H2,1-3H3,(H,33,35)/t17-,22+/m0/s1. The molecule has 0 heterocycles. The smallest absolute Gasteiger partial charge is 0.343 e. The number of nitriles is 1. The van der Waals surface area contributed by atoms with Crippen LogP contribution < -0.4 is 5.32 Å². The quantitative estimate of drug-likeness (QED) is 0.341. The van der Waals surface area contributed by atoms with Crippen LogP contribution in [0.5, 0.6) is 0 Å². The molecule has 0 fully saturated rings. The summed E-state index contributed by atoms with van der Waals surface area (Å²) in [7, 11) is 0. The van der Waals surface area contributed by atoms with Gasteiger partial charge < -0.3 is 10.1 Å². The van der Waals surface area contributed by atoms with E-state index in [1.54, 1.807) is 30.3 Å². The van der Waals surface area contributed by atoms with Crippen molar-refractivity contribution in [3.63, 3.8) is 0 Å². The van der Waals surface area contributed by atoms with Crippen LogP contribution in [0.25, 0.3) is 0 Å². The number of nitrogens with one attached hydrogen (secondary N) is 1. The number of ether oxygens (including phenoxy) is 1. The van der Waals surface area contributed by atoms with E-state index < -0.39 is 34.9 Å². The van der Waals surface area contributed by atoms with Crippen molar-refractivity contribution in [2.75, 3.05) is 0 Å². The number of nitrogens with zero attached hydrogens (tertiary/aromatic N) is 1. The van der Waals surface area contributed by atoms with E-state index in [0.29, 0.717) is 17.0 Å². The first kappa shape index (κ1) is 27.2. The maximum Gasteiger partial charge on any atom is 0.343 e. The average Bonchev–Trinajstić information content (AvgIpc) is 2.83. The van der Waals surface area contributed by atoms with Crippen molar-refractivity contribution in [1.29, 1.82) is 5.26 Å². The Hall–Kier alpha value is -3.40. The van der Waals surface area contributed by atoms with Gasteiger partial charge in [0, 0.05) is 17.0 Å². The number of amides is 1. The van der Waals surface area contributed by atoms with Gasteiger partial charge in [-0.2, -0.15) is 5.26 Å². The Kier molecular flexibility index (Phi) is 8.73. The Bertz CT molecular complexity index is 1280. The van der Waals surface area contributed by atoms with Crippen LogP contribution in [0, 0.1) is 17.1 Å². The number of halogens is 3. The van der Waals surface area contributed by atoms with Crippen LogP contribution in [-0.4, -0.2) is 23.5 Å². The van der Waals surface area contributed by atoms with Crippen LogP contribution in [0.1, 0.15) is 53.7 Å². The highest BCUT2D eigenvalue weighted by Gasteiger charge is 2.36. The molecule has 5 nitrogen and oxygen atoms in total. The van der Waals surface area contributed by atoms with Crippen molar-refractivity contribution in [1.82, 2.24) is 5.32 Å². The van der Waals surface area contributed by atoms with Gasteiger partial charge in [-0.25, -0.2) is 9.18 Å². The second-order valence-corrected chi connectivity index (χ2v) is 9.78. The Balaban J connectivity index is 1.82. The Morgan fingerprint density at radius 1 is 1.08 bits per heavy atom. The van der Waals surface area contributed by atoms with Crippen LogP contribution in [0.4, 0.5) is 4.39 Å². The number of carbonyl (C=O) groups is 2. The molecular formula is C28H25Cl2FN2O3. The predicted octanol–water partition coefficient (Wildman–Crippen LogP) is 6.47. The summed E-state index contributed by atoms with van der Waals surface area (Å²) in [5.41, 5.74) is 0.318. The zero-order valence-electron chi connectivity index (χ0n) is 20.0. The first-order chi connectivity index (χ1) is 17.0. The van der Waals surface area contributed by atoms with Gasteiger partial charge in [0.2, 0.25) is 0 Å². The zero-order valence-corrected chi connectivity index (χ0v) is 21.5. The average molecular weight is 527 g/mol. The predicted molar refractivity (Wildman–Crippen MR) is 138 cm³/mol. The number of rotatable bonds is 8. The monoisotopic (exact) mass is 526 g/mol. The van der Waals surface area contributed by atoms with E-state index >= 15 is 0 Å². The molecule has 0 aromatic heterocycles. The van der Waals surface area contributed by atoms with Crippen molar-refractivity contribution in [3.05, 3.63) is 105 Å². The van der Waals surface area contributed by atoms with Gasteiger partial charge in [0.1, 0.15) is 11.4 Å². The Labute approximate surface area is 219 Å². The number of hydrogen-bond acceptors (Lipinski definition) is 4. The minimum Gasteiger partial charge on any atom is -0.446 e. The minimum absolute atomic E-state index is 0.107. The van der Waals surface area contributed by atoms with Gasteiger partial charge in [-0.15, -0.1) is 0 Å². The van der Waals surface area contributed by atoms with Crippen LogP contribution in [0.15, 0.2) is 66.7 Å². The van der Waals surface area contributed by atoms with E-state index in [4.69, 9.17) is 27.9 Å². The third-order valence-corrected chi connectivity index (χ3v) is 6.40. The zero-order chi connectivity index (χ0) is 26.5. The lowest BCUT2D eigenvalue weighted by atomic mass is 9.85. The molecule has 0 saturated heterocycles. The van der Waals surface area contributed by atoms with E-state index in [-0.39, 0.29) is 10.9 Å². The molecule has 1 N–H and O–H groups in total. The molecular weight excluding hydrogens is 502 g/mol. The molecule has 2 atom stereocenters. The summed E-state index contributed by atoms with van der Waals surface area (Å²) in [6.45, 7) is 4.68. The van der Waals surface area contributed by atoms with Crippen molar-refractivity contribution < 1.29 is 18.7 Å². The summed E-state index contributed by atoms with van der Waals surface area (Å²) in [6, 6.07) is 20.1. The van der Waals surface area contributed by atoms with Crippen molar-refractivity contribution in [2.24, 2.45) is 0 Å². The summed E-state index contributed by atoms with van der Waals surface area (Å²) in [6.07, 6.45) is 0.554. The molecule has 0 aliphatic heterocycles. The Morgan fingerprint density at radius 3 is 2.39 bits per heavy atom. The summed E-state index contributed by atoms with van der Waals surface area (Å²) in [5.74, 6) is -2.65. The fraction of sp³-hybridized carbons (Fsp3) is 0.250. The third kappa shape index (κ3) is 6.63.